The maximum Gasteiger partial charge on any atom is 0.161 e. The van der Waals surface area contributed by atoms with Crippen molar-refractivity contribution in [3.05, 3.63) is 90.0 Å². The lowest BCUT2D eigenvalue weighted by Gasteiger charge is -2.13. The highest BCUT2D eigenvalue weighted by Gasteiger charge is 2.06. The Morgan fingerprint density at radius 1 is 0.760 bits per heavy atom. The highest BCUT2D eigenvalue weighted by molar-refractivity contribution is 5.44. The van der Waals surface area contributed by atoms with Crippen molar-refractivity contribution in [2.24, 2.45) is 0 Å². The van der Waals surface area contributed by atoms with E-state index in [4.69, 9.17) is 9.47 Å². The molecule has 25 heavy (non-hydrogen) atoms. The van der Waals surface area contributed by atoms with Gasteiger partial charge in [-0.1, -0.05) is 54.6 Å². The summed E-state index contributed by atoms with van der Waals surface area (Å²) < 4.78 is 11.3. The van der Waals surface area contributed by atoms with Crippen LogP contribution in [0.3, 0.4) is 0 Å². The molecular formula is C21H22N2O2. The van der Waals surface area contributed by atoms with Crippen molar-refractivity contribution in [1.29, 1.82) is 0 Å². The minimum absolute atomic E-state index is 0.510. The molecule has 0 aromatic heterocycles. The first-order valence-electron chi connectivity index (χ1n) is 8.23. The number of nitrogens with one attached hydrogen (secondary N) is 2. The van der Waals surface area contributed by atoms with Crippen LogP contribution in [0.2, 0.25) is 0 Å². The molecule has 0 radical (unpaired) electrons. The number of anilines is 1. The summed E-state index contributed by atoms with van der Waals surface area (Å²) in [6.45, 7) is 1.18. The van der Waals surface area contributed by atoms with Gasteiger partial charge in [0.15, 0.2) is 11.5 Å². The quantitative estimate of drug-likeness (QED) is 0.600. The van der Waals surface area contributed by atoms with Gasteiger partial charge in [-0.3, -0.25) is 0 Å². The lowest BCUT2D eigenvalue weighted by Crippen LogP contribution is -2.20. The number of hydrazine groups is 1. The van der Waals surface area contributed by atoms with E-state index in [2.05, 4.69) is 10.9 Å². The Balaban J connectivity index is 1.61. The lowest BCUT2D eigenvalue weighted by molar-refractivity contribution is 0.284. The third-order valence-electron chi connectivity index (χ3n) is 3.76. The van der Waals surface area contributed by atoms with Crippen molar-refractivity contribution in [3.63, 3.8) is 0 Å². The smallest absolute Gasteiger partial charge is 0.161 e. The van der Waals surface area contributed by atoms with Crippen LogP contribution in [-0.4, -0.2) is 7.11 Å². The summed E-state index contributed by atoms with van der Waals surface area (Å²) in [6.07, 6.45) is 0. The first kappa shape index (κ1) is 16.9. The maximum atomic E-state index is 5.95. The van der Waals surface area contributed by atoms with Gasteiger partial charge in [0.2, 0.25) is 0 Å². The molecule has 0 aliphatic rings. The predicted octanol–water partition coefficient (Wildman–Crippen LogP) is 4.39. The van der Waals surface area contributed by atoms with Gasteiger partial charge in [-0.2, -0.15) is 0 Å². The van der Waals surface area contributed by atoms with Crippen LogP contribution in [0.1, 0.15) is 11.1 Å². The molecule has 0 unspecified atom stereocenters. The molecule has 0 fully saturated rings. The van der Waals surface area contributed by atoms with Crippen molar-refractivity contribution in [3.8, 4) is 11.5 Å². The van der Waals surface area contributed by atoms with Crippen molar-refractivity contribution in [1.82, 2.24) is 5.43 Å². The Hall–Kier alpha value is -2.98. The fourth-order valence-electron chi connectivity index (χ4n) is 2.45. The van der Waals surface area contributed by atoms with Crippen molar-refractivity contribution in [2.45, 2.75) is 13.2 Å². The third-order valence-corrected chi connectivity index (χ3v) is 3.76. The molecule has 0 aliphatic carbocycles. The average molecular weight is 334 g/mol. The Morgan fingerprint density at radius 2 is 1.48 bits per heavy atom. The second-order valence-electron chi connectivity index (χ2n) is 5.60. The summed E-state index contributed by atoms with van der Waals surface area (Å²) in [5.41, 5.74) is 9.64. The molecule has 0 heterocycles. The number of hydrogen-bond acceptors (Lipinski definition) is 4. The molecular weight excluding hydrogens is 312 g/mol. The van der Waals surface area contributed by atoms with Crippen LogP contribution in [0.15, 0.2) is 78.9 Å². The van der Waals surface area contributed by atoms with Crippen LogP contribution < -0.4 is 20.3 Å². The summed E-state index contributed by atoms with van der Waals surface area (Å²) in [7, 11) is 1.65. The van der Waals surface area contributed by atoms with Crippen LogP contribution in [0.25, 0.3) is 0 Å². The van der Waals surface area contributed by atoms with E-state index in [0.717, 1.165) is 28.3 Å². The van der Waals surface area contributed by atoms with Crippen LogP contribution in [0.5, 0.6) is 11.5 Å². The lowest BCUT2D eigenvalue weighted by atomic mass is 10.2. The van der Waals surface area contributed by atoms with Gasteiger partial charge in [-0.15, -0.1) is 0 Å². The van der Waals surface area contributed by atoms with E-state index in [0.29, 0.717) is 13.2 Å². The summed E-state index contributed by atoms with van der Waals surface area (Å²) in [5, 5.41) is 0. The van der Waals surface area contributed by atoms with Crippen LogP contribution in [0, 0.1) is 0 Å². The number of rotatable bonds is 8. The Labute approximate surface area is 148 Å². The first-order valence-corrected chi connectivity index (χ1v) is 8.23. The van der Waals surface area contributed by atoms with Gasteiger partial charge >= 0.3 is 0 Å². The normalized spacial score (nSPS) is 10.3. The van der Waals surface area contributed by atoms with Gasteiger partial charge in [0.1, 0.15) is 6.61 Å². The fraction of sp³-hybridized carbons (Fsp3) is 0.143. The first-order chi connectivity index (χ1) is 12.3. The van der Waals surface area contributed by atoms with E-state index in [1.54, 1.807) is 7.11 Å². The number of benzene rings is 3. The minimum Gasteiger partial charge on any atom is -0.493 e. The average Bonchev–Trinajstić information content (AvgIpc) is 2.68. The molecule has 0 aliphatic heterocycles. The Bertz CT molecular complexity index is 776. The van der Waals surface area contributed by atoms with E-state index < -0.39 is 0 Å². The second kappa shape index (κ2) is 8.76. The molecule has 2 N–H and O–H groups in total. The van der Waals surface area contributed by atoms with Crippen LogP contribution in [-0.2, 0) is 13.2 Å². The van der Waals surface area contributed by atoms with E-state index >= 15 is 0 Å². The molecule has 4 heteroatoms. The summed E-state index contributed by atoms with van der Waals surface area (Å²) >= 11 is 0. The number of hydrogen-bond donors (Lipinski definition) is 2. The Kier molecular flexibility index (Phi) is 5.91. The SMILES string of the molecule is COc1ccc(CNNc2ccccc2)cc1OCc1ccccc1. The van der Waals surface area contributed by atoms with E-state index in [1.807, 2.05) is 78.9 Å². The number of para-hydroxylation sites is 1. The highest BCUT2D eigenvalue weighted by atomic mass is 16.5. The highest BCUT2D eigenvalue weighted by Crippen LogP contribution is 2.28. The topological polar surface area (TPSA) is 42.5 Å². The van der Waals surface area contributed by atoms with E-state index in [9.17, 15) is 0 Å². The summed E-state index contributed by atoms with van der Waals surface area (Å²) in [4.78, 5) is 0. The molecule has 0 atom stereocenters. The van der Waals surface area contributed by atoms with Gasteiger partial charge in [-0.05, 0) is 35.4 Å². The van der Waals surface area contributed by atoms with Gasteiger partial charge in [-0.25, -0.2) is 5.43 Å². The van der Waals surface area contributed by atoms with Crippen LogP contribution in [0.4, 0.5) is 5.69 Å². The third kappa shape index (κ3) is 4.99. The monoisotopic (exact) mass is 334 g/mol. The van der Waals surface area contributed by atoms with E-state index in [-0.39, 0.29) is 0 Å². The van der Waals surface area contributed by atoms with Crippen molar-refractivity contribution in [2.75, 3.05) is 12.5 Å². The molecule has 0 saturated heterocycles. The standard InChI is InChI=1S/C21H22N2O2/c1-24-20-13-12-18(15-22-23-19-10-6-3-7-11-19)14-21(20)25-16-17-8-4-2-5-9-17/h2-14,22-23H,15-16H2,1H3. The molecule has 3 aromatic rings. The molecule has 0 bridgehead atoms. The second-order valence-corrected chi connectivity index (χ2v) is 5.60. The summed E-state index contributed by atoms with van der Waals surface area (Å²) in [6, 6.07) is 26.0. The van der Waals surface area contributed by atoms with Gasteiger partial charge in [0.25, 0.3) is 0 Å². The zero-order valence-electron chi connectivity index (χ0n) is 14.2. The predicted molar refractivity (Wildman–Crippen MR) is 101 cm³/mol. The molecule has 0 amide bonds. The zero-order chi connectivity index (χ0) is 17.3. The van der Waals surface area contributed by atoms with E-state index in [1.165, 1.54) is 0 Å². The fourth-order valence-corrected chi connectivity index (χ4v) is 2.45. The van der Waals surface area contributed by atoms with Crippen molar-refractivity contribution >= 4 is 5.69 Å². The largest absolute Gasteiger partial charge is 0.493 e. The van der Waals surface area contributed by atoms with Crippen LogP contribution >= 0.6 is 0 Å². The molecule has 3 rings (SSSR count). The molecule has 3 aromatic carbocycles. The van der Waals surface area contributed by atoms with Gasteiger partial charge < -0.3 is 14.9 Å². The molecule has 0 saturated carbocycles. The molecule has 0 spiro atoms. The minimum atomic E-state index is 0.510. The van der Waals surface area contributed by atoms with Crippen molar-refractivity contribution < 1.29 is 9.47 Å². The number of methoxy groups -OCH3 is 1. The zero-order valence-corrected chi connectivity index (χ0v) is 14.2. The summed E-state index contributed by atoms with van der Waals surface area (Å²) in [5.74, 6) is 1.47. The molecule has 128 valence electrons. The van der Waals surface area contributed by atoms with Gasteiger partial charge in [0, 0.05) is 12.2 Å². The maximum absolute atomic E-state index is 5.95. The number of ether oxygens (including phenoxy) is 2. The Morgan fingerprint density at radius 3 is 2.20 bits per heavy atom. The van der Waals surface area contributed by atoms with Gasteiger partial charge in [0.05, 0.1) is 7.11 Å². The molecule has 4 nitrogen and oxygen atoms in total.